The van der Waals surface area contributed by atoms with Crippen LogP contribution in [0.3, 0.4) is 0 Å². The summed E-state index contributed by atoms with van der Waals surface area (Å²) in [6, 6.07) is 7.37. The summed E-state index contributed by atoms with van der Waals surface area (Å²) in [4.78, 5) is 15.0. The Balaban J connectivity index is 2.72. The fourth-order valence-electron chi connectivity index (χ4n) is 1.75. The molecule has 1 aromatic heterocycles. The lowest BCUT2D eigenvalue weighted by Crippen LogP contribution is -2.01. The zero-order chi connectivity index (χ0) is 12.4. The van der Waals surface area contributed by atoms with E-state index in [1.54, 1.807) is 6.07 Å². The molecule has 0 spiro atoms. The summed E-state index contributed by atoms with van der Waals surface area (Å²) in [7, 11) is 0. The van der Waals surface area contributed by atoms with Crippen LogP contribution in [0.15, 0.2) is 36.7 Å². The first-order chi connectivity index (χ1) is 8.11. The van der Waals surface area contributed by atoms with Crippen molar-refractivity contribution in [1.29, 1.82) is 0 Å². The lowest BCUT2D eigenvalue weighted by molar-refractivity contribution is 0.0694. The maximum atomic E-state index is 11.1. The zero-order valence-electron chi connectivity index (χ0n) is 9.21. The zero-order valence-corrected chi connectivity index (χ0v) is 9.21. The molecule has 1 heterocycles. The van der Waals surface area contributed by atoms with E-state index < -0.39 is 5.97 Å². The van der Waals surface area contributed by atoms with Gasteiger partial charge in [0.15, 0.2) is 0 Å². The molecule has 0 radical (unpaired) electrons. The second-order valence-corrected chi connectivity index (χ2v) is 3.70. The molecule has 0 saturated heterocycles. The molecule has 0 aliphatic heterocycles. The molecule has 86 valence electrons. The third kappa shape index (κ3) is 1.97. The summed E-state index contributed by atoms with van der Waals surface area (Å²) in [6.07, 6.45) is 2.58. The van der Waals surface area contributed by atoms with Gasteiger partial charge in [0.05, 0.1) is 6.20 Å². The quantitative estimate of drug-likeness (QED) is 0.829. The van der Waals surface area contributed by atoms with Crippen LogP contribution < -0.4 is 0 Å². The lowest BCUT2D eigenvalue weighted by atomic mass is 9.97. The SMILES string of the molecule is Cc1ccccc1-c1cncc(O)c1C(=O)O. The summed E-state index contributed by atoms with van der Waals surface area (Å²) >= 11 is 0. The Bertz CT molecular complexity index is 579. The second-order valence-electron chi connectivity index (χ2n) is 3.70. The van der Waals surface area contributed by atoms with Gasteiger partial charge >= 0.3 is 5.97 Å². The van der Waals surface area contributed by atoms with Crippen molar-refractivity contribution in [1.82, 2.24) is 4.98 Å². The number of carboxylic acids is 1. The average Bonchev–Trinajstić information content (AvgIpc) is 2.28. The summed E-state index contributed by atoms with van der Waals surface area (Å²) in [5, 5.41) is 18.7. The Morgan fingerprint density at radius 3 is 2.53 bits per heavy atom. The highest BCUT2D eigenvalue weighted by molar-refractivity contribution is 5.98. The van der Waals surface area contributed by atoms with Gasteiger partial charge in [0.25, 0.3) is 0 Å². The van der Waals surface area contributed by atoms with Gasteiger partial charge in [-0.1, -0.05) is 24.3 Å². The number of hydrogen-bond acceptors (Lipinski definition) is 3. The van der Waals surface area contributed by atoms with E-state index in [0.717, 1.165) is 17.3 Å². The van der Waals surface area contributed by atoms with Crippen LogP contribution in [0.5, 0.6) is 5.75 Å². The minimum Gasteiger partial charge on any atom is -0.505 e. The topological polar surface area (TPSA) is 70.4 Å². The molecule has 2 aromatic rings. The van der Waals surface area contributed by atoms with E-state index in [4.69, 9.17) is 5.11 Å². The minimum absolute atomic E-state index is 0.116. The molecule has 0 bridgehead atoms. The smallest absolute Gasteiger partial charge is 0.340 e. The van der Waals surface area contributed by atoms with E-state index in [1.807, 2.05) is 25.1 Å². The first kappa shape index (κ1) is 11.1. The van der Waals surface area contributed by atoms with Crippen LogP contribution in [-0.4, -0.2) is 21.2 Å². The number of hydrogen-bond donors (Lipinski definition) is 2. The summed E-state index contributed by atoms with van der Waals surface area (Å²) < 4.78 is 0. The van der Waals surface area contributed by atoms with E-state index in [0.29, 0.717) is 5.56 Å². The number of carboxylic acid groups (broad SMARTS) is 1. The van der Waals surface area contributed by atoms with E-state index >= 15 is 0 Å². The number of benzene rings is 1. The molecular weight excluding hydrogens is 218 g/mol. The van der Waals surface area contributed by atoms with Crippen molar-refractivity contribution in [3.63, 3.8) is 0 Å². The third-order valence-corrected chi connectivity index (χ3v) is 2.58. The second kappa shape index (κ2) is 4.25. The van der Waals surface area contributed by atoms with Crippen LogP contribution in [0.1, 0.15) is 15.9 Å². The standard InChI is InChI=1S/C13H11NO3/c1-8-4-2-3-5-9(8)10-6-14-7-11(15)12(10)13(16)17/h2-7,15H,1H3,(H,16,17). The first-order valence-corrected chi connectivity index (χ1v) is 5.07. The number of aromatic hydroxyl groups is 1. The van der Waals surface area contributed by atoms with Crippen LogP contribution in [0.4, 0.5) is 0 Å². The van der Waals surface area contributed by atoms with E-state index in [9.17, 15) is 9.90 Å². The first-order valence-electron chi connectivity index (χ1n) is 5.07. The van der Waals surface area contributed by atoms with Crippen LogP contribution in [0, 0.1) is 6.92 Å². The van der Waals surface area contributed by atoms with Gasteiger partial charge in [-0.2, -0.15) is 0 Å². The van der Waals surface area contributed by atoms with Crippen molar-refractivity contribution >= 4 is 5.97 Å². The maximum absolute atomic E-state index is 11.1. The van der Waals surface area contributed by atoms with E-state index in [2.05, 4.69) is 4.98 Å². The van der Waals surface area contributed by atoms with Gasteiger partial charge in [-0.15, -0.1) is 0 Å². The van der Waals surface area contributed by atoms with Crippen molar-refractivity contribution in [2.24, 2.45) is 0 Å². The van der Waals surface area contributed by atoms with Crippen molar-refractivity contribution in [3.05, 3.63) is 47.8 Å². The molecule has 4 heteroatoms. The average molecular weight is 229 g/mol. The van der Waals surface area contributed by atoms with Gasteiger partial charge in [0, 0.05) is 11.8 Å². The monoisotopic (exact) mass is 229 g/mol. The molecule has 0 aliphatic carbocycles. The van der Waals surface area contributed by atoms with Gasteiger partial charge in [-0.05, 0) is 18.1 Å². The Morgan fingerprint density at radius 1 is 1.18 bits per heavy atom. The highest BCUT2D eigenvalue weighted by Crippen LogP contribution is 2.30. The number of aromatic nitrogens is 1. The predicted molar refractivity (Wildman–Crippen MR) is 63.0 cm³/mol. The van der Waals surface area contributed by atoms with E-state index in [-0.39, 0.29) is 11.3 Å². The molecular formula is C13H11NO3. The molecule has 0 amide bonds. The highest BCUT2D eigenvalue weighted by Gasteiger charge is 2.17. The number of carbonyl (C=O) groups is 1. The fourth-order valence-corrected chi connectivity index (χ4v) is 1.75. The van der Waals surface area contributed by atoms with Gasteiger partial charge in [0.2, 0.25) is 0 Å². The van der Waals surface area contributed by atoms with Crippen LogP contribution in [0.2, 0.25) is 0 Å². The van der Waals surface area contributed by atoms with Crippen LogP contribution in [0.25, 0.3) is 11.1 Å². The third-order valence-electron chi connectivity index (χ3n) is 2.58. The van der Waals surface area contributed by atoms with Gasteiger partial charge in [-0.25, -0.2) is 4.79 Å². The number of pyridine rings is 1. The number of aryl methyl sites for hydroxylation is 1. The fraction of sp³-hybridized carbons (Fsp3) is 0.0769. The van der Waals surface area contributed by atoms with E-state index in [1.165, 1.54) is 6.20 Å². The molecule has 17 heavy (non-hydrogen) atoms. The molecule has 0 saturated carbocycles. The summed E-state index contributed by atoms with van der Waals surface area (Å²) in [5.74, 6) is -1.48. The van der Waals surface area contributed by atoms with Gasteiger partial charge in [-0.3, -0.25) is 4.98 Å². The molecule has 0 unspecified atom stereocenters. The summed E-state index contributed by atoms with van der Waals surface area (Å²) in [6.45, 7) is 1.88. The summed E-state index contributed by atoms with van der Waals surface area (Å²) in [5.41, 5.74) is 2.00. The predicted octanol–water partition coefficient (Wildman–Crippen LogP) is 2.46. The molecule has 0 fully saturated rings. The normalized spacial score (nSPS) is 10.2. The number of nitrogens with zero attached hydrogens (tertiary/aromatic N) is 1. The minimum atomic E-state index is -1.16. The van der Waals surface area contributed by atoms with Gasteiger partial charge < -0.3 is 10.2 Å². The van der Waals surface area contributed by atoms with Crippen LogP contribution >= 0.6 is 0 Å². The number of rotatable bonds is 2. The van der Waals surface area contributed by atoms with Crippen molar-refractivity contribution < 1.29 is 15.0 Å². The Hall–Kier alpha value is -2.36. The maximum Gasteiger partial charge on any atom is 0.340 e. The molecule has 1 aromatic carbocycles. The van der Waals surface area contributed by atoms with Crippen molar-refractivity contribution in [2.45, 2.75) is 6.92 Å². The molecule has 2 rings (SSSR count). The molecule has 2 N–H and O–H groups in total. The molecule has 0 atom stereocenters. The Labute approximate surface area is 98.2 Å². The Kier molecular flexibility index (Phi) is 2.78. The molecule has 0 aliphatic rings. The van der Waals surface area contributed by atoms with Crippen molar-refractivity contribution in [3.8, 4) is 16.9 Å². The van der Waals surface area contributed by atoms with Crippen molar-refractivity contribution in [2.75, 3.05) is 0 Å². The lowest BCUT2D eigenvalue weighted by Gasteiger charge is -2.09. The van der Waals surface area contributed by atoms with Gasteiger partial charge in [0.1, 0.15) is 11.3 Å². The number of aromatic carboxylic acids is 1. The molecule has 4 nitrogen and oxygen atoms in total. The van der Waals surface area contributed by atoms with Crippen LogP contribution in [-0.2, 0) is 0 Å². The largest absolute Gasteiger partial charge is 0.505 e. The Morgan fingerprint density at radius 2 is 1.88 bits per heavy atom. The highest BCUT2D eigenvalue weighted by atomic mass is 16.4.